The van der Waals surface area contributed by atoms with Gasteiger partial charge in [0, 0.05) is 44.3 Å². The highest BCUT2D eigenvalue weighted by molar-refractivity contribution is 6.46. The Kier molecular flexibility index (Phi) is 7.64. The van der Waals surface area contributed by atoms with E-state index in [1.165, 1.54) is 4.90 Å². The number of likely N-dealkylation sites (tertiary alicyclic amines) is 1. The maximum absolute atomic E-state index is 13.4. The summed E-state index contributed by atoms with van der Waals surface area (Å²) in [6.07, 6.45) is 3.30. The second-order valence-corrected chi connectivity index (χ2v) is 10.0. The van der Waals surface area contributed by atoms with Crippen molar-refractivity contribution in [1.82, 2.24) is 9.88 Å². The van der Waals surface area contributed by atoms with Gasteiger partial charge in [0.1, 0.15) is 18.1 Å². The van der Waals surface area contributed by atoms with E-state index < -0.39 is 17.7 Å². The number of hydrogen-bond donors (Lipinski definition) is 1. The molecule has 202 valence electrons. The van der Waals surface area contributed by atoms with Crippen molar-refractivity contribution < 1.29 is 19.4 Å². The number of Topliss-reactive ketones (excluding diaryl/α,β-unsaturated/α-hetero) is 1. The van der Waals surface area contributed by atoms with Crippen molar-refractivity contribution in [2.24, 2.45) is 0 Å². The Morgan fingerprint density at radius 2 is 1.60 bits per heavy atom. The lowest BCUT2D eigenvalue weighted by Gasteiger charge is -2.26. The minimum absolute atomic E-state index is 0.0604. The predicted molar refractivity (Wildman–Crippen MR) is 155 cm³/mol. The van der Waals surface area contributed by atoms with Crippen LogP contribution < -0.4 is 9.64 Å². The van der Waals surface area contributed by atoms with E-state index in [-0.39, 0.29) is 17.9 Å². The van der Waals surface area contributed by atoms with Gasteiger partial charge in [-0.3, -0.25) is 14.6 Å². The highest BCUT2D eigenvalue weighted by atomic mass is 16.5. The van der Waals surface area contributed by atoms with Crippen LogP contribution in [0, 0.1) is 6.92 Å². The van der Waals surface area contributed by atoms with Crippen LogP contribution in [0.5, 0.6) is 5.75 Å². The average molecular weight is 534 g/mol. The minimum Gasteiger partial charge on any atom is -0.507 e. The number of aliphatic hydroxyl groups excluding tert-OH is 1. The zero-order valence-corrected chi connectivity index (χ0v) is 22.7. The summed E-state index contributed by atoms with van der Waals surface area (Å²) in [5.74, 6) is -0.956. The summed E-state index contributed by atoms with van der Waals surface area (Å²) < 4.78 is 5.94. The number of nitrogens with zero attached hydrogens (tertiary/aromatic N) is 3. The summed E-state index contributed by atoms with van der Waals surface area (Å²) in [6.45, 7) is 2.66. The van der Waals surface area contributed by atoms with Crippen LogP contribution in [-0.2, 0) is 22.7 Å². The molecule has 0 aliphatic carbocycles. The smallest absolute Gasteiger partial charge is 0.295 e. The lowest BCUT2D eigenvalue weighted by molar-refractivity contribution is -0.140. The topological polar surface area (TPSA) is 83.0 Å². The molecule has 2 heterocycles. The molecule has 0 saturated carbocycles. The molecule has 4 aromatic rings. The van der Waals surface area contributed by atoms with Gasteiger partial charge < -0.3 is 19.6 Å². The molecule has 0 unspecified atom stereocenters. The normalized spacial score (nSPS) is 16.3. The first-order valence-electron chi connectivity index (χ1n) is 13.1. The van der Waals surface area contributed by atoms with Gasteiger partial charge in [0.25, 0.3) is 11.7 Å². The maximum atomic E-state index is 13.4. The van der Waals surface area contributed by atoms with Crippen LogP contribution in [0.1, 0.15) is 33.9 Å². The minimum atomic E-state index is -0.749. The molecule has 1 aliphatic rings. The highest BCUT2D eigenvalue weighted by Gasteiger charge is 2.46. The van der Waals surface area contributed by atoms with Gasteiger partial charge in [-0.1, -0.05) is 36.4 Å². The van der Waals surface area contributed by atoms with E-state index in [1.54, 1.807) is 48.8 Å². The molecular weight excluding hydrogens is 502 g/mol. The van der Waals surface area contributed by atoms with E-state index in [0.29, 0.717) is 17.9 Å². The Morgan fingerprint density at radius 3 is 2.25 bits per heavy atom. The predicted octanol–water partition coefficient (Wildman–Crippen LogP) is 5.66. The number of rotatable bonds is 8. The number of pyridine rings is 1. The van der Waals surface area contributed by atoms with E-state index in [4.69, 9.17) is 4.74 Å². The third kappa shape index (κ3) is 5.45. The molecule has 7 heteroatoms. The van der Waals surface area contributed by atoms with Crippen LogP contribution in [0.15, 0.2) is 103 Å². The third-order valence-electron chi connectivity index (χ3n) is 7.15. The number of ether oxygens (including phenoxy) is 1. The Balaban J connectivity index is 1.48. The number of aromatic nitrogens is 1. The fourth-order valence-corrected chi connectivity index (χ4v) is 4.83. The number of aryl methyl sites for hydroxylation is 1. The van der Waals surface area contributed by atoms with Gasteiger partial charge >= 0.3 is 0 Å². The Bertz CT molecular complexity index is 1550. The van der Waals surface area contributed by atoms with E-state index in [1.807, 2.05) is 74.4 Å². The van der Waals surface area contributed by atoms with Crippen LogP contribution in [-0.4, -0.2) is 40.8 Å². The van der Waals surface area contributed by atoms with Gasteiger partial charge in [0.2, 0.25) is 0 Å². The van der Waals surface area contributed by atoms with Gasteiger partial charge in [0.15, 0.2) is 0 Å². The molecule has 1 fully saturated rings. The van der Waals surface area contributed by atoms with Crippen molar-refractivity contribution in [3.05, 3.63) is 131 Å². The molecule has 1 amide bonds. The molecule has 40 heavy (non-hydrogen) atoms. The maximum Gasteiger partial charge on any atom is 0.295 e. The number of benzene rings is 3. The van der Waals surface area contributed by atoms with Crippen molar-refractivity contribution in [2.45, 2.75) is 26.1 Å². The summed E-state index contributed by atoms with van der Waals surface area (Å²) in [5.41, 5.74) is 5.28. The fraction of sp³-hybridized carbons (Fsp3) is 0.182. The molecule has 0 bridgehead atoms. The summed E-state index contributed by atoms with van der Waals surface area (Å²) in [5, 5.41) is 11.4. The molecule has 5 rings (SSSR count). The highest BCUT2D eigenvalue weighted by Crippen LogP contribution is 2.40. The Hall–Kier alpha value is -4.91. The first-order chi connectivity index (χ1) is 19.3. The van der Waals surface area contributed by atoms with Crippen molar-refractivity contribution in [2.75, 3.05) is 19.0 Å². The zero-order valence-electron chi connectivity index (χ0n) is 22.7. The van der Waals surface area contributed by atoms with Crippen LogP contribution in [0.25, 0.3) is 5.76 Å². The van der Waals surface area contributed by atoms with Gasteiger partial charge in [-0.05, 0) is 77.7 Å². The monoisotopic (exact) mass is 533 g/mol. The molecule has 3 aromatic carbocycles. The number of aliphatic hydroxyl groups is 1. The van der Waals surface area contributed by atoms with Crippen LogP contribution in [0.2, 0.25) is 0 Å². The molecule has 7 nitrogen and oxygen atoms in total. The number of carbonyl (C=O) groups is 2. The molecular formula is C33H31N3O4. The number of hydrogen-bond acceptors (Lipinski definition) is 6. The van der Waals surface area contributed by atoms with Gasteiger partial charge in [-0.15, -0.1) is 0 Å². The van der Waals surface area contributed by atoms with Crippen LogP contribution in [0.3, 0.4) is 0 Å². The number of ketones is 1. The quantitative estimate of drug-likeness (QED) is 0.179. The number of carbonyl (C=O) groups excluding carboxylic acids is 2. The first-order valence-corrected chi connectivity index (χ1v) is 13.1. The molecule has 1 aromatic heterocycles. The largest absolute Gasteiger partial charge is 0.507 e. The average Bonchev–Trinajstić information content (AvgIpc) is 3.22. The molecule has 1 aliphatic heterocycles. The number of anilines is 1. The van der Waals surface area contributed by atoms with Crippen LogP contribution in [0.4, 0.5) is 5.69 Å². The van der Waals surface area contributed by atoms with Crippen molar-refractivity contribution in [3.63, 3.8) is 0 Å². The Morgan fingerprint density at radius 1 is 0.925 bits per heavy atom. The van der Waals surface area contributed by atoms with Crippen LogP contribution >= 0.6 is 0 Å². The van der Waals surface area contributed by atoms with Crippen molar-refractivity contribution in [1.29, 1.82) is 0 Å². The van der Waals surface area contributed by atoms with E-state index >= 15 is 0 Å². The third-order valence-corrected chi connectivity index (χ3v) is 7.15. The molecule has 0 spiro atoms. The second kappa shape index (κ2) is 11.5. The first kappa shape index (κ1) is 26.7. The van der Waals surface area contributed by atoms with Gasteiger partial charge in [-0.25, -0.2) is 0 Å². The molecule has 1 atom stereocenters. The lowest BCUT2D eigenvalue weighted by atomic mass is 9.95. The summed E-state index contributed by atoms with van der Waals surface area (Å²) in [6, 6.07) is 25.4. The van der Waals surface area contributed by atoms with E-state index in [9.17, 15) is 14.7 Å². The summed E-state index contributed by atoms with van der Waals surface area (Å²) >= 11 is 0. The molecule has 1 saturated heterocycles. The standard InChI is InChI=1S/C33H31N3O4/c1-22-6-4-5-7-26(22)21-40-28-14-10-25(11-15-28)31(37)29-30(24-8-12-27(13-9-24)35(2)3)36(33(39)32(29)38)20-23-16-18-34-19-17-23/h4-19,30,37H,20-21H2,1-3H3/t30-/m0/s1. The summed E-state index contributed by atoms with van der Waals surface area (Å²) in [4.78, 5) is 34.2. The fourth-order valence-electron chi connectivity index (χ4n) is 4.83. The van der Waals surface area contributed by atoms with Gasteiger partial charge in [0.05, 0.1) is 11.6 Å². The van der Waals surface area contributed by atoms with E-state index in [0.717, 1.165) is 27.9 Å². The second-order valence-electron chi connectivity index (χ2n) is 10.0. The van der Waals surface area contributed by atoms with Crippen molar-refractivity contribution in [3.8, 4) is 5.75 Å². The SMILES string of the molecule is Cc1ccccc1COc1ccc(C(O)=C2C(=O)C(=O)N(Cc3ccncc3)[C@H]2c2ccc(N(C)C)cc2)cc1. The van der Waals surface area contributed by atoms with Gasteiger partial charge in [-0.2, -0.15) is 0 Å². The Labute approximate surface area is 234 Å². The number of amides is 1. The lowest BCUT2D eigenvalue weighted by Crippen LogP contribution is -2.29. The van der Waals surface area contributed by atoms with Crippen molar-refractivity contribution >= 4 is 23.1 Å². The zero-order chi connectivity index (χ0) is 28.2. The van der Waals surface area contributed by atoms with E-state index in [2.05, 4.69) is 4.98 Å². The molecule has 0 radical (unpaired) electrons. The summed E-state index contributed by atoms with van der Waals surface area (Å²) in [7, 11) is 3.89. The molecule has 1 N–H and O–H groups in total.